The van der Waals surface area contributed by atoms with Gasteiger partial charge in [-0.1, -0.05) is 85.6 Å². The van der Waals surface area contributed by atoms with Crippen LogP contribution in [-0.4, -0.2) is 39.5 Å². The fourth-order valence-corrected chi connectivity index (χ4v) is 5.63. The zero-order valence-electron chi connectivity index (χ0n) is 21.3. The van der Waals surface area contributed by atoms with Crippen LogP contribution >= 0.6 is 11.8 Å². The lowest BCUT2D eigenvalue weighted by atomic mass is 10.0. The van der Waals surface area contributed by atoms with E-state index < -0.39 is 11.0 Å². The van der Waals surface area contributed by atoms with Gasteiger partial charge in [0, 0.05) is 36.9 Å². The van der Waals surface area contributed by atoms with E-state index in [9.17, 15) is 19.7 Å². The van der Waals surface area contributed by atoms with Gasteiger partial charge < -0.3 is 10.2 Å². The maximum Gasteiger partial charge on any atom is 0.269 e. The third kappa shape index (κ3) is 7.92. The normalized spacial score (nSPS) is 14.1. The minimum absolute atomic E-state index is 0.0425. The second-order valence-corrected chi connectivity index (χ2v) is 10.6. The van der Waals surface area contributed by atoms with Gasteiger partial charge in [-0.05, 0) is 29.5 Å². The van der Waals surface area contributed by atoms with Crippen molar-refractivity contribution in [3.05, 3.63) is 112 Å². The predicted molar refractivity (Wildman–Crippen MR) is 151 cm³/mol. The second-order valence-electron chi connectivity index (χ2n) is 9.62. The van der Waals surface area contributed by atoms with Crippen molar-refractivity contribution in [3.63, 3.8) is 0 Å². The molecule has 38 heavy (non-hydrogen) atoms. The molecule has 0 heterocycles. The Morgan fingerprint density at radius 3 is 2.11 bits per heavy atom. The molecule has 4 rings (SSSR count). The number of thioether (sulfide) groups is 1. The van der Waals surface area contributed by atoms with Gasteiger partial charge in [0.25, 0.3) is 5.69 Å². The summed E-state index contributed by atoms with van der Waals surface area (Å²) in [7, 11) is 0. The van der Waals surface area contributed by atoms with Crippen LogP contribution in [0.4, 0.5) is 5.69 Å². The molecule has 0 saturated heterocycles. The van der Waals surface area contributed by atoms with E-state index in [4.69, 9.17) is 0 Å². The van der Waals surface area contributed by atoms with Crippen LogP contribution < -0.4 is 5.32 Å². The van der Waals surface area contributed by atoms with E-state index in [1.807, 2.05) is 60.7 Å². The zero-order chi connectivity index (χ0) is 26.7. The first kappa shape index (κ1) is 27.4. The summed E-state index contributed by atoms with van der Waals surface area (Å²) in [6.45, 7) is 0.341. The summed E-state index contributed by atoms with van der Waals surface area (Å²) in [5, 5.41) is 14.1. The largest absolute Gasteiger partial charge is 0.352 e. The number of carbonyl (C=O) groups is 2. The van der Waals surface area contributed by atoms with E-state index in [-0.39, 0.29) is 29.3 Å². The quantitative estimate of drug-likeness (QED) is 0.245. The number of nitrogens with one attached hydrogen (secondary N) is 1. The Kier molecular flexibility index (Phi) is 9.92. The van der Waals surface area contributed by atoms with Crippen LogP contribution in [0.2, 0.25) is 0 Å². The van der Waals surface area contributed by atoms with Crippen molar-refractivity contribution in [2.24, 2.45) is 0 Å². The van der Waals surface area contributed by atoms with Crippen LogP contribution in [0.25, 0.3) is 0 Å². The van der Waals surface area contributed by atoms with Gasteiger partial charge in [-0.3, -0.25) is 19.7 Å². The third-order valence-electron chi connectivity index (χ3n) is 6.81. The maximum atomic E-state index is 13.7. The molecule has 0 unspecified atom stereocenters. The molecule has 1 aliphatic rings. The first-order chi connectivity index (χ1) is 18.5. The Morgan fingerprint density at radius 2 is 1.50 bits per heavy atom. The number of non-ortho nitro benzene ring substituents is 1. The Balaban J connectivity index is 1.52. The molecule has 2 amide bonds. The molecule has 1 saturated carbocycles. The molecule has 1 atom stereocenters. The highest BCUT2D eigenvalue weighted by Crippen LogP contribution is 2.22. The van der Waals surface area contributed by atoms with Crippen LogP contribution in [0.15, 0.2) is 84.9 Å². The molecule has 0 radical (unpaired) electrons. The molecule has 3 aromatic rings. The molecule has 0 aromatic heterocycles. The molecule has 1 aliphatic carbocycles. The summed E-state index contributed by atoms with van der Waals surface area (Å²) < 4.78 is 0. The number of benzene rings is 3. The second kappa shape index (κ2) is 13.8. The van der Waals surface area contributed by atoms with Crippen LogP contribution in [0, 0.1) is 10.1 Å². The monoisotopic (exact) mass is 531 g/mol. The molecule has 7 nitrogen and oxygen atoms in total. The highest BCUT2D eigenvalue weighted by molar-refractivity contribution is 7.99. The first-order valence-corrected chi connectivity index (χ1v) is 14.1. The van der Waals surface area contributed by atoms with E-state index in [1.165, 1.54) is 23.9 Å². The van der Waals surface area contributed by atoms with Crippen molar-refractivity contribution in [2.75, 3.05) is 5.75 Å². The Hall–Kier alpha value is -3.65. The Morgan fingerprint density at radius 1 is 0.895 bits per heavy atom. The molecule has 8 heteroatoms. The van der Waals surface area contributed by atoms with Crippen molar-refractivity contribution in [1.29, 1.82) is 0 Å². The maximum absolute atomic E-state index is 13.7. The van der Waals surface area contributed by atoms with Crippen LogP contribution in [0.1, 0.15) is 42.4 Å². The molecule has 1 fully saturated rings. The van der Waals surface area contributed by atoms with Gasteiger partial charge >= 0.3 is 0 Å². The lowest BCUT2D eigenvalue weighted by molar-refractivity contribution is -0.384. The van der Waals surface area contributed by atoms with Gasteiger partial charge in [0.05, 0.1) is 10.7 Å². The zero-order valence-corrected chi connectivity index (χ0v) is 22.1. The third-order valence-corrected chi connectivity index (χ3v) is 7.80. The van der Waals surface area contributed by atoms with E-state index >= 15 is 0 Å². The summed E-state index contributed by atoms with van der Waals surface area (Å²) in [5.74, 6) is 0.528. The summed E-state index contributed by atoms with van der Waals surface area (Å²) in [6.07, 6.45) is 4.61. The van der Waals surface area contributed by atoms with Crippen LogP contribution in [-0.2, 0) is 28.3 Å². The summed E-state index contributed by atoms with van der Waals surface area (Å²) in [6, 6.07) is 25.5. The van der Waals surface area contributed by atoms with E-state index in [0.717, 1.165) is 42.4 Å². The average molecular weight is 532 g/mol. The van der Waals surface area contributed by atoms with Gasteiger partial charge in [-0.15, -0.1) is 11.8 Å². The van der Waals surface area contributed by atoms with Gasteiger partial charge in [-0.25, -0.2) is 0 Å². The molecular weight excluding hydrogens is 498 g/mol. The van der Waals surface area contributed by atoms with Crippen LogP contribution in [0.3, 0.4) is 0 Å². The van der Waals surface area contributed by atoms with Gasteiger partial charge in [0.1, 0.15) is 6.04 Å². The number of rotatable bonds is 12. The topological polar surface area (TPSA) is 92.6 Å². The highest BCUT2D eigenvalue weighted by atomic mass is 32.2. The number of amides is 2. The van der Waals surface area contributed by atoms with E-state index in [1.54, 1.807) is 17.0 Å². The standard InChI is InChI=1S/C30H33N3O4S/c34-29(22-38-21-25-15-17-27(18-16-25)33(36)37)32(20-24-11-5-2-6-12-24)28(19-23-9-3-1-4-10-23)30(35)31-26-13-7-8-14-26/h1-6,9-12,15-18,26,28H,7-8,13-14,19-22H2,(H,31,35)/t28-/m0/s1. The van der Waals surface area contributed by atoms with Crippen molar-refractivity contribution < 1.29 is 14.5 Å². The molecular formula is C30H33N3O4S. The lowest BCUT2D eigenvalue weighted by Gasteiger charge is -2.32. The van der Waals surface area contributed by atoms with Crippen molar-refractivity contribution in [2.45, 2.75) is 56.5 Å². The van der Waals surface area contributed by atoms with E-state index in [2.05, 4.69) is 5.32 Å². The van der Waals surface area contributed by atoms with Gasteiger partial charge in [-0.2, -0.15) is 0 Å². The minimum atomic E-state index is -0.634. The lowest BCUT2D eigenvalue weighted by Crippen LogP contribution is -2.52. The highest BCUT2D eigenvalue weighted by Gasteiger charge is 2.32. The predicted octanol–water partition coefficient (Wildman–Crippen LogP) is 5.53. The fraction of sp³-hybridized carbons (Fsp3) is 0.333. The summed E-state index contributed by atoms with van der Waals surface area (Å²) in [5.41, 5.74) is 2.92. The summed E-state index contributed by atoms with van der Waals surface area (Å²) in [4.78, 5) is 39.6. The molecule has 0 aliphatic heterocycles. The molecule has 0 bridgehead atoms. The molecule has 3 aromatic carbocycles. The number of hydrogen-bond donors (Lipinski definition) is 1. The Bertz CT molecular complexity index is 1200. The number of nitrogens with zero attached hydrogens (tertiary/aromatic N) is 2. The van der Waals surface area contributed by atoms with Crippen molar-refractivity contribution in [3.8, 4) is 0 Å². The van der Waals surface area contributed by atoms with Gasteiger partial charge in [0.2, 0.25) is 11.8 Å². The van der Waals surface area contributed by atoms with Gasteiger partial charge in [0.15, 0.2) is 0 Å². The number of hydrogen-bond acceptors (Lipinski definition) is 5. The Labute approximate surface area is 227 Å². The first-order valence-electron chi connectivity index (χ1n) is 13.0. The fourth-order valence-electron chi connectivity index (χ4n) is 4.75. The molecule has 1 N–H and O–H groups in total. The molecule has 0 spiro atoms. The van der Waals surface area contributed by atoms with Crippen molar-refractivity contribution >= 4 is 29.3 Å². The average Bonchev–Trinajstić information content (AvgIpc) is 3.45. The molecule has 198 valence electrons. The number of nitro groups is 1. The number of carbonyl (C=O) groups excluding carboxylic acids is 2. The van der Waals surface area contributed by atoms with Crippen LogP contribution in [0.5, 0.6) is 0 Å². The van der Waals surface area contributed by atoms with Crippen molar-refractivity contribution in [1.82, 2.24) is 10.2 Å². The SMILES string of the molecule is O=C(NC1CCCC1)[C@H](Cc1ccccc1)N(Cc1ccccc1)C(=O)CSCc1ccc([N+](=O)[O-])cc1. The minimum Gasteiger partial charge on any atom is -0.352 e. The summed E-state index contributed by atoms with van der Waals surface area (Å²) >= 11 is 1.44. The smallest absolute Gasteiger partial charge is 0.269 e. The number of nitro benzene ring substituents is 1. The van der Waals surface area contributed by atoms with E-state index in [0.29, 0.717) is 18.7 Å².